The van der Waals surface area contributed by atoms with Gasteiger partial charge in [-0.05, 0) is 66.9 Å². The second-order valence-corrected chi connectivity index (χ2v) is 8.79. The maximum absolute atomic E-state index is 13.5. The molecule has 7 heteroatoms. The van der Waals surface area contributed by atoms with E-state index in [0.29, 0.717) is 20.9 Å². The van der Waals surface area contributed by atoms with Gasteiger partial charge in [0, 0.05) is 12.2 Å². The van der Waals surface area contributed by atoms with Crippen molar-refractivity contribution in [3.63, 3.8) is 0 Å². The number of halogens is 1. The molecule has 1 aliphatic carbocycles. The number of thioether (sulfide) groups is 1. The number of allylic oxidation sites excluding steroid dienone is 1. The number of benzene rings is 1. The number of hydrogen-bond acceptors (Lipinski definition) is 5. The topological polar surface area (TPSA) is 54.8 Å². The number of rotatable bonds is 4. The normalized spacial score (nSPS) is 20.7. The fourth-order valence-corrected chi connectivity index (χ4v) is 5.17. The average Bonchev–Trinajstić information content (AvgIpc) is 3.11. The van der Waals surface area contributed by atoms with Crippen molar-refractivity contribution in [2.45, 2.75) is 45.1 Å². The van der Waals surface area contributed by atoms with Gasteiger partial charge in [-0.1, -0.05) is 43.0 Å². The summed E-state index contributed by atoms with van der Waals surface area (Å²) in [4.78, 5) is 25.0. The lowest BCUT2D eigenvalue weighted by molar-refractivity contribution is -0.124. The SMILES string of the molecule is COc1ccc(/C(C)=C2\SC(=Nc3cccnc3Cl)N(C3CCCCC3)C2=O)cc1. The lowest BCUT2D eigenvalue weighted by Gasteiger charge is -2.30. The van der Waals surface area contributed by atoms with Crippen LogP contribution in [0.3, 0.4) is 0 Å². The highest BCUT2D eigenvalue weighted by Gasteiger charge is 2.39. The molecule has 1 aromatic heterocycles. The Morgan fingerprint density at radius 3 is 2.60 bits per heavy atom. The molecule has 2 aliphatic rings. The first-order chi connectivity index (χ1) is 14.6. The number of nitrogens with zero attached hydrogens (tertiary/aromatic N) is 3. The third-order valence-electron chi connectivity index (χ3n) is 5.57. The predicted molar refractivity (Wildman–Crippen MR) is 123 cm³/mol. The number of ether oxygens (including phenoxy) is 1. The second-order valence-electron chi connectivity index (χ2n) is 7.46. The molecule has 1 aromatic carbocycles. The van der Waals surface area contributed by atoms with Crippen molar-refractivity contribution < 1.29 is 9.53 Å². The summed E-state index contributed by atoms with van der Waals surface area (Å²) in [7, 11) is 1.64. The van der Waals surface area contributed by atoms with Crippen molar-refractivity contribution in [1.82, 2.24) is 9.88 Å². The largest absolute Gasteiger partial charge is 0.497 e. The molecule has 0 atom stereocenters. The van der Waals surface area contributed by atoms with E-state index < -0.39 is 0 Å². The molecule has 1 aliphatic heterocycles. The fraction of sp³-hybridized carbons (Fsp3) is 0.348. The molecule has 0 bridgehead atoms. The van der Waals surface area contributed by atoms with Crippen LogP contribution in [-0.4, -0.2) is 34.1 Å². The zero-order chi connectivity index (χ0) is 21.1. The molecule has 0 radical (unpaired) electrons. The Kier molecular flexibility index (Phi) is 6.44. The molecule has 2 fully saturated rings. The maximum Gasteiger partial charge on any atom is 0.267 e. The number of carbonyl (C=O) groups is 1. The van der Waals surface area contributed by atoms with E-state index in [1.807, 2.05) is 42.2 Å². The smallest absolute Gasteiger partial charge is 0.267 e. The summed E-state index contributed by atoms with van der Waals surface area (Å²) in [6.07, 6.45) is 7.13. The first-order valence-corrected chi connectivity index (χ1v) is 11.3. The molecule has 2 aromatic rings. The van der Waals surface area contributed by atoms with Gasteiger partial charge in [-0.3, -0.25) is 9.69 Å². The second kappa shape index (κ2) is 9.23. The predicted octanol–water partition coefficient (Wildman–Crippen LogP) is 6.07. The van der Waals surface area contributed by atoms with Crippen molar-refractivity contribution in [3.05, 3.63) is 58.2 Å². The highest BCUT2D eigenvalue weighted by atomic mass is 35.5. The zero-order valence-corrected chi connectivity index (χ0v) is 18.7. The number of pyridine rings is 1. The van der Waals surface area contributed by atoms with Crippen LogP contribution in [0.15, 0.2) is 52.5 Å². The van der Waals surface area contributed by atoms with E-state index in [9.17, 15) is 4.79 Å². The molecule has 4 rings (SSSR count). The first kappa shape index (κ1) is 20.9. The van der Waals surface area contributed by atoms with Crippen molar-refractivity contribution >= 4 is 45.7 Å². The average molecular weight is 442 g/mol. The van der Waals surface area contributed by atoms with E-state index in [4.69, 9.17) is 21.3 Å². The summed E-state index contributed by atoms with van der Waals surface area (Å²) in [6.45, 7) is 1.99. The molecule has 0 N–H and O–H groups in total. The number of aliphatic imine (C=N–C) groups is 1. The number of amidine groups is 1. The van der Waals surface area contributed by atoms with Gasteiger partial charge in [-0.25, -0.2) is 9.98 Å². The van der Waals surface area contributed by atoms with Crippen molar-refractivity contribution in [2.75, 3.05) is 7.11 Å². The van der Waals surface area contributed by atoms with Gasteiger partial charge < -0.3 is 4.74 Å². The van der Waals surface area contributed by atoms with E-state index in [1.54, 1.807) is 19.4 Å². The van der Waals surface area contributed by atoms with E-state index in [1.165, 1.54) is 18.2 Å². The summed E-state index contributed by atoms with van der Waals surface area (Å²) < 4.78 is 5.25. The molecule has 0 spiro atoms. The summed E-state index contributed by atoms with van der Waals surface area (Å²) in [5.41, 5.74) is 2.52. The first-order valence-electron chi connectivity index (χ1n) is 10.1. The Hall–Kier alpha value is -2.31. The van der Waals surface area contributed by atoms with Gasteiger partial charge in [0.15, 0.2) is 10.3 Å². The van der Waals surface area contributed by atoms with Gasteiger partial charge in [-0.15, -0.1) is 0 Å². The Balaban J connectivity index is 1.74. The Bertz CT molecular complexity index is 998. The third kappa shape index (κ3) is 4.25. The standard InChI is InChI=1S/C23H24ClN3O2S/c1-15(16-10-12-18(29-2)13-11-16)20-22(28)27(17-7-4-3-5-8-17)23(30-20)26-19-9-6-14-25-21(19)24/h6,9-14,17H,3-5,7-8H2,1-2H3/b20-15-,26-23?. The number of amides is 1. The fourth-order valence-electron chi connectivity index (χ4n) is 3.89. The van der Waals surface area contributed by atoms with Gasteiger partial charge in [0.05, 0.1) is 12.0 Å². The Morgan fingerprint density at radius 1 is 1.20 bits per heavy atom. The maximum atomic E-state index is 13.5. The summed E-state index contributed by atoms with van der Waals surface area (Å²) in [5, 5.41) is 1.02. The minimum absolute atomic E-state index is 0.0268. The van der Waals surface area contributed by atoms with Gasteiger partial charge in [0.1, 0.15) is 11.4 Å². The van der Waals surface area contributed by atoms with Crippen molar-refractivity contribution in [2.24, 2.45) is 4.99 Å². The van der Waals surface area contributed by atoms with Crippen LogP contribution in [0.2, 0.25) is 5.15 Å². The van der Waals surface area contributed by atoms with Gasteiger partial charge >= 0.3 is 0 Å². The molecule has 1 amide bonds. The lowest BCUT2D eigenvalue weighted by atomic mass is 9.94. The summed E-state index contributed by atoms with van der Waals surface area (Å²) >= 11 is 7.67. The highest BCUT2D eigenvalue weighted by molar-refractivity contribution is 8.18. The molecular formula is C23H24ClN3O2S. The van der Waals surface area contributed by atoms with Crippen LogP contribution in [0.5, 0.6) is 5.75 Å². The van der Waals surface area contributed by atoms with Crippen molar-refractivity contribution in [1.29, 1.82) is 0 Å². The van der Waals surface area contributed by atoms with Crippen LogP contribution in [0.25, 0.3) is 5.57 Å². The quantitative estimate of drug-likeness (QED) is 0.426. The van der Waals surface area contributed by atoms with Crippen LogP contribution in [0.4, 0.5) is 5.69 Å². The third-order valence-corrected chi connectivity index (χ3v) is 7.02. The monoisotopic (exact) mass is 441 g/mol. The molecule has 5 nitrogen and oxygen atoms in total. The summed E-state index contributed by atoms with van der Waals surface area (Å²) in [5.74, 6) is 0.818. The van der Waals surface area contributed by atoms with Crippen molar-refractivity contribution in [3.8, 4) is 5.75 Å². The van der Waals surface area contributed by atoms with Gasteiger partial charge in [-0.2, -0.15) is 0 Å². The zero-order valence-electron chi connectivity index (χ0n) is 17.1. The van der Waals surface area contributed by atoms with Gasteiger partial charge in [0.25, 0.3) is 5.91 Å². The number of hydrogen-bond donors (Lipinski definition) is 0. The lowest BCUT2D eigenvalue weighted by Crippen LogP contribution is -2.40. The minimum atomic E-state index is 0.0268. The summed E-state index contributed by atoms with van der Waals surface area (Å²) in [6, 6.07) is 11.6. The molecule has 156 valence electrons. The molecule has 2 heterocycles. The highest BCUT2D eigenvalue weighted by Crippen LogP contribution is 2.41. The van der Waals surface area contributed by atoms with Gasteiger partial charge in [0.2, 0.25) is 0 Å². The van der Waals surface area contributed by atoms with Crippen LogP contribution < -0.4 is 4.74 Å². The Labute approximate surface area is 186 Å². The van der Waals surface area contributed by atoms with Crippen LogP contribution in [-0.2, 0) is 4.79 Å². The number of carbonyl (C=O) groups excluding carboxylic acids is 1. The number of methoxy groups -OCH3 is 1. The van der Waals surface area contributed by atoms with E-state index in [-0.39, 0.29) is 11.9 Å². The van der Waals surface area contributed by atoms with E-state index >= 15 is 0 Å². The minimum Gasteiger partial charge on any atom is -0.497 e. The van der Waals surface area contributed by atoms with E-state index in [0.717, 1.165) is 42.6 Å². The van der Waals surface area contributed by atoms with E-state index in [2.05, 4.69) is 4.98 Å². The van der Waals surface area contributed by atoms with Crippen LogP contribution in [0, 0.1) is 0 Å². The molecular weight excluding hydrogens is 418 g/mol. The van der Waals surface area contributed by atoms with Crippen LogP contribution in [0.1, 0.15) is 44.6 Å². The number of aromatic nitrogens is 1. The Morgan fingerprint density at radius 2 is 1.93 bits per heavy atom. The molecule has 0 unspecified atom stereocenters. The molecule has 1 saturated heterocycles. The molecule has 1 saturated carbocycles. The van der Waals surface area contributed by atoms with Crippen LogP contribution >= 0.6 is 23.4 Å². The molecule has 30 heavy (non-hydrogen) atoms.